The van der Waals surface area contributed by atoms with Gasteiger partial charge in [-0.2, -0.15) is 0 Å². The monoisotopic (exact) mass is 314 g/mol. The molecular formula is C17H30O5. The number of carbonyl (C=O) groups excluding carboxylic acids is 2. The minimum atomic E-state index is -0.826. The summed E-state index contributed by atoms with van der Waals surface area (Å²) < 4.78 is 9.79. The second kappa shape index (κ2) is 14.6. The van der Waals surface area contributed by atoms with Crippen LogP contribution in [0.15, 0.2) is 12.7 Å². The molecule has 0 aliphatic rings. The molecule has 1 atom stereocenters. The van der Waals surface area contributed by atoms with Crippen molar-refractivity contribution in [3.8, 4) is 0 Å². The van der Waals surface area contributed by atoms with E-state index < -0.39 is 12.1 Å². The van der Waals surface area contributed by atoms with Gasteiger partial charge in [-0.25, -0.2) is 4.79 Å². The molecule has 0 rings (SSSR count). The quantitative estimate of drug-likeness (QED) is 0.303. The first-order valence-electron chi connectivity index (χ1n) is 8.23. The van der Waals surface area contributed by atoms with Crippen molar-refractivity contribution in [1.82, 2.24) is 0 Å². The molecule has 0 fully saturated rings. The van der Waals surface area contributed by atoms with Gasteiger partial charge in [-0.05, 0) is 6.42 Å². The highest BCUT2D eigenvalue weighted by molar-refractivity contribution is 5.81. The lowest BCUT2D eigenvalue weighted by atomic mass is 10.1. The van der Waals surface area contributed by atoms with Gasteiger partial charge in [0.1, 0.15) is 6.61 Å². The van der Waals surface area contributed by atoms with Gasteiger partial charge in [0.25, 0.3) is 0 Å². The summed E-state index contributed by atoms with van der Waals surface area (Å²) in [4.78, 5) is 22.5. The standard InChI is InChI=1S/C17H30O5/c1-3-5-6-7-8-9-10-11-12-17(20)21-14-15(13-18)22-16(19)4-2/h4,15,18H,2-3,5-14H2,1H3. The van der Waals surface area contributed by atoms with Gasteiger partial charge in [0.15, 0.2) is 6.10 Å². The molecule has 5 nitrogen and oxygen atoms in total. The molecule has 0 aliphatic carbocycles. The highest BCUT2D eigenvalue weighted by atomic mass is 16.6. The van der Waals surface area contributed by atoms with Gasteiger partial charge in [-0.1, -0.05) is 58.4 Å². The third-order valence-corrected chi connectivity index (χ3v) is 3.32. The molecule has 0 bridgehead atoms. The Kier molecular flexibility index (Phi) is 13.7. The van der Waals surface area contributed by atoms with Crippen LogP contribution in [0.1, 0.15) is 64.7 Å². The number of hydrogen-bond acceptors (Lipinski definition) is 5. The molecule has 0 heterocycles. The van der Waals surface area contributed by atoms with Gasteiger partial charge in [0.2, 0.25) is 0 Å². The zero-order valence-electron chi connectivity index (χ0n) is 13.7. The molecular weight excluding hydrogens is 284 g/mol. The Bertz CT molecular complexity index is 314. The summed E-state index contributed by atoms with van der Waals surface area (Å²) in [5, 5.41) is 9.02. The van der Waals surface area contributed by atoms with Crippen LogP contribution in [-0.4, -0.2) is 36.4 Å². The second-order valence-electron chi connectivity index (χ2n) is 5.35. The van der Waals surface area contributed by atoms with Crippen LogP contribution < -0.4 is 0 Å². The number of aliphatic hydroxyl groups is 1. The van der Waals surface area contributed by atoms with Crippen molar-refractivity contribution in [2.45, 2.75) is 70.8 Å². The number of esters is 2. The Morgan fingerprint density at radius 2 is 1.68 bits per heavy atom. The van der Waals surface area contributed by atoms with Crippen molar-refractivity contribution in [2.75, 3.05) is 13.2 Å². The van der Waals surface area contributed by atoms with Crippen LogP contribution in [0.4, 0.5) is 0 Å². The fourth-order valence-electron chi connectivity index (χ4n) is 2.00. The zero-order chi connectivity index (χ0) is 16.6. The normalized spacial score (nSPS) is 11.7. The molecule has 1 N–H and O–H groups in total. The predicted molar refractivity (Wildman–Crippen MR) is 85.3 cm³/mol. The molecule has 0 saturated heterocycles. The van der Waals surface area contributed by atoms with E-state index in [1.807, 2.05) is 0 Å². The van der Waals surface area contributed by atoms with E-state index in [4.69, 9.17) is 14.6 Å². The lowest BCUT2D eigenvalue weighted by Crippen LogP contribution is -2.27. The predicted octanol–water partition coefficient (Wildman–Crippen LogP) is 3.15. The fourth-order valence-corrected chi connectivity index (χ4v) is 2.00. The maximum absolute atomic E-state index is 11.5. The number of carbonyl (C=O) groups is 2. The molecule has 0 radical (unpaired) electrons. The molecule has 0 spiro atoms. The lowest BCUT2D eigenvalue weighted by molar-refractivity contribution is -0.157. The van der Waals surface area contributed by atoms with Crippen LogP contribution in [0, 0.1) is 0 Å². The summed E-state index contributed by atoms with van der Waals surface area (Å²) in [5.74, 6) is -0.961. The molecule has 0 aromatic heterocycles. The number of unbranched alkanes of at least 4 members (excludes halogenated alkanes) is 7. The van der Waals surface area contributed by atoms with Crippen LogP contribution >= 0.6 is 0 Å². The minimum absolute atomic E-state index is 0.119. The fraction of sp³-hybridized carbons (Fsp3) is 0.765. The Morgan fingerprint density at radius 1 is 1.09 bits per heavy atom. The van der Waals surface area contributed by atoms with Crippen LogP contribution in [-0.2, 0) is 19.1 Å². The Balaban J connectivity index is 3.56. The summed E-state index contributed by atoms with van der Waals surface area (Å²) >= 11 is 0. The average Bonchev–Trinajstić information content (AvgIpc) is 2.53. The number of aliphatic hydroxyl groups excluding tert-OH is 1. The number of hydrogen-bond donors (Lipinski definition) is 1. The topological polar surface area (TPSA) is 72.8 Å². The van der Waals surface area contributed by atoms with E-state index in [9.17, 15) is 9.59 Å². The van der Waals surface area contributed by atoms with Crippen molar-refractivity contribution in [1.29, 1.82) is 0 Å². The van der Waals surface area contributed by atoms with E-state index in [2.05, 4.69) is 13.5 Å². The van der Waals surface area contributed by atoms with E-state index in [1.54, 1.807) is 0 Å². The third-order valence-electron chi connectivity index (χ3n) is 3.32. The highest BCUT2D eigenvalue weighted by Crippen LogP contribution is 2.10. The van der Waals surface area contributed by atoms with Gasteiger partial charge in [-0.3, -0.25) is 4.79 Å². The number of rotatable bonds is 14. The van der Waals surface area contributed by atoms with E-state index in [0.29, 0.717) is 6.42 Å². The largest absolute Gasteiger partial charge is 0.462 e. The van der Waals surface area contributed by atoms with E-state index in [-0.39, 0.29) is 19.2 Å². The lowest BCUT2D eigenvalue weighted by Gasteiger charge is -2.14. The second-order valence-corrected chi connectivity index (χ2v) is 5.35. The number of ether oxygens (including phenoxy) is 2. The first kappa shape index (κ1) is 20.6. The van der Waals surface area contributed by atoms with Crippen molar-refractivity contribution in [3.05, 3.63) is 12.7 Å². The molecule has 0 saturated carbocycles. The first-order valence-corrected chi connectivity index (χ1v) is 8.23. The van der Waals surface area contributed by atoms with Crippen LogP contribution in [0.3, 0.4) is 0 Å². The molecule has 5 heteroatoms. The molecule has 128 valence electrons. The van der Waals surface area contributed by atoms with E-state index in [0.717, 1.165) is 25.3 Å². The average molecular weight is 314 g/mol. The van der Waals surface area contributed by atoms with Gasteiger partial charge < -0.3 is 14.6 Å². The first-order chi connectivity index (χ1) is 10.6. The van der Waals surface area contributed by atoms with Gasteiger partial charge in [0, 0.05) is 12.5 Å². The molecule has 22 heavy (non-hydrogen) atoms. The summed E-state index contributed by atoms with van der Waals surface area (Å²) in [5.41, 5.74) is 0. The summed E-state index contributed by atoms with van der Waals surface area (Å²) in [6.45, 7) is 4.96. The van der Waals surface area contributed by atoms with Crippen LogP contribution in [0.2, 0.25) is 0 Å². The Hall–Kier alpha value is -1.36. The van der Waals surface area contributed by atoms with Crippen molar-refractivity contribution < 1.29 is 24.2 Å². The van der Waals surface area contributed by atoms with Crippen molar-refractivity contribution in [2.24, 2.45) is 0 Å². The van der Waals surface area contributed by atoms with Gasteiger partial charge in [-0.15, -0.1) is 0 Å². The maximum Gasteiger partial charge on any atom is 0.330 e. The van der Waals surface area contributed by atoms with Gasteiger partial charge >= 0.3 is 11.9 Å². The summed E-state index contributed by atoms with van der Waals surface area (Å²) in [6, 6.07) is 0. The molecule has 1 unspecified atom stereocenters. The van der Waals surface area contributed by atoms with E-state index >= 15 is 0 Å². The minimum Gasteiger partial charge on any atom is -0.462 e. The molecule has 0 aromatic carbocycles. The third kappa shape index (κ3) is 12.4. The molecule has 0 aliphatic heterocycles. The van der Waals surface area contributed by atoms with E-state index in [1.165, 1.54) is 32.1 Å². The Morgan fingerprint density at radius 3 is 2.23 bits per heavy atom. The maximum atomic E-state index is 11.5. The smallest absolute Gasteiger partial charge is 0.330 e. The summed E-state index contributed by atoms with van der Waals surface area (Å²) in [7, 11) is 0. The Labute approximate surface area is 133 Å². The molecule has 0 aromatic rings. The summed E-state index contributed by atoms with van der Waals surface area (Å²) in [6.07, 6.45) is 9.86. The highest BCUT2D eigenvalue weighted by Gasteiger charge is 2.14. The SMILES string of the molecule is C=CC(=O)OC(CO)COC(=O)CCCCCCCCCC. The molecule has 0 amide bonds. The van der Waals surface area contributed by atoms with Crippen molar-refractivity contribution in [3.63, 3.8) is 0 Å². The van der Waals surface area contributed by atoms with Crippen LogP contribution in [0.5, 0.6) is 0 Å². The zero-order valence-corrected chi connectivity index (χ0v) is 13.7. The van der Waals surface area contributed by atoms with Gasteiger partial charge in [0.05, 0.1) is 6.61 Å². The van der Waals surface area contributed by atoms with Crippen molar-refractivity contribution >= 4 is 11.9 Å². The van der Waals surface area contributed by atoms with Crippen LogP contribution in [0.25, 0.3) is 0 Å².